The number of hydrogen-bond acceptors (Lipinski definition) is 4. The molecule has 0 bridgehead atoms. The van der Waals surface area contributed by atoms with E-state index in [1.165, 1.54) is 0 Å². The lowest BCUT2D eigenvalue weighted by molar-refractivity contribution is 0.0941. The van der Waals surface area contributed by atoms with Gasteiger partial charge in [-0.15, -0.1) is 0 Å². The monoisotopic (exact) mass is 346 g/mol. The van der Waals surface area contributed by atoms with E-state index in [-0.39, 0.29) is 23.3 Å². The molecule has 0 aliphatic carbocycles. The minimum absolute atomic E-state index is 0.231. The molecule has 0 radical (unpaired) electrons. The molecule has 7 nitrogen and oxygen atoms in total. The molecule has 0 spiro atoms. The highest BCUT2D eigenvalue weighted by Gasteiger charge is 2.20. The second kappa shape index (κ2) is 9.78. The first-order valence-electron chi connectivity index (χ1n) is 8.71. The van der Waals surface area contributed by atoms with E-state index in [4.69, 9.17) is 4.74 Å². The van der Waals surface area contributed by atoms with Crippen molar-refractivity contribution < 1.29 is 14.3 Å². The minimum Gasteiger partial charge on any atom is -0.385 e. The first kappa shape index (κ1) is 18.9. The molecule has 0 unspecified atom stereocenters. The van der Waals surface area contributed by atoms with Crippen molar-refractivity contribution in [3.8, 4) is 0 Å². The van der Waals surface area contributed by atoms with Gasteiger partial charge in [-0.1, -0.05) is 25.8 Å². The number of aromatic nitrogens is 2. The highest BCUT2D eigenvalue weighted by atomic mass is 16.5. The zero-order chi connectivity index (χ0) is 18.1. The Balaban J connectivity index is 2.13. The fourth-order valence-electron chi connectivity index (χ4n) is 2.52. The SMILES string of the molecule is CCCCCNC(=O)c1nc(C(=O)NCCCOC)c2ccccn12. The van der Waals surface area contributed by atoms with E-state index in [0.29, 0.717) is 25.2 Å². The van der Waals surface area contributed by atoms with Crippen LogP contribution in [-0.2, 0) is 4.74 Å². The molecule has 2 aromatic heterocycles. The second-order valence-electron chi connectivity index (χ2n) is 5.81. The van der Waals surface area contributed by atoms with Crippen LogP contribution in [0.4, 0.5) is 0 Å². The number of rotatable bonds is 10. The van der Waals surface area contributed by atoms with Crippen LogP contribution in [0.15, 0.2) is 24.4 Å². The summed E-state index contributed by atoms with van der Waals surface area (Å²) in [5.74, 6) is -0.324. The zero-order valence-corrected chi connectivity index (χ0v) is 14.9. The minimum atomic E-state index is -0.287. The van der Waals surface area contributed by atoms with Gasteiger partial charge in [-0.3, -0.25) is 14.0 Å². The summed E-state index contributed by atoms with van der Waals surface area (Å²) in [6.45, 7) is 3.79. The van der Waals surface area contributed by atoms with Gasteiger partial charge < -0.3 is 15.4 Å². The fraction of sp³-hybridized carbons (Fsp3) is 0.500. The number of unbranched alkanes of at least 4 members (excludes halogenated alkanes) is 2. The summed E-state index contributed by atoms with van der Waals surface area (Å²) < 4.78 is 6.62. The number of amides is 2. The van der Waals surface area contributed by atoms with E-state index in [1.807, 2.05) is 12.1 Å². The van der Waals surface area contributed by atoms with Crippen LogP contribution in [0.1, 0.15) is 53.7 Å². The Morgan fingerprint density at radius 1 is 1.12 bits per heavy atom. The van der Waals surface area contributed by atoms with Crippen LogP contribution in [0, 0.1) is 0 Å². The van der Waals surface area contributed by atoms with Gasteiger partial charge >= 0.3 is 0 Å². The molecule has 0 saturated carbocycles. The number of carbonyl (C=O) groups is 2. The van der Waals surface area contributed by atoms with Crippen molar-refractivity contribution in [1.82, 2.24) is 20.0 Å². The van der Waals surface area contributed by atoms with Crippen LogP contribution in [0.3, 0.4) is 0 Å². The summed E-state index contributed by atoms with van der Waals surface area (Å²) in [5.41, 5.74) is 0.877. The molecule has 2 amide bonds. The summed E-state index contributed by atoms with van der Waals surface area (Å²) in [6.07, 6.45) is 5.55. The number of ether oxygens (including phenoxy) is 1. The van der Waals surface area contributed by atoms with Crippen molar-refractivity contribution in [2.75, 3.05) is 26.8 Å². The Labute approximate surface area is 147 Å². The molecule has 0 fully saturated rings. The van der Waals surface area contributed by atoms with Crippen LogP contribution in [0.2, 0.25) is 0 Å². The molecular formula is C18H26N4O3. The van der Waals surface area contributed by atoms with E-state index in [2.05, 4.69) is 22.5 Å². The summed E-state index contributed by atoms with van der Waals surface area (Å²) in [5, 5.41) is 5.68. The zero-order valence-electron chi connectivity index (χ0n) is 14.9. The highest BCUT2D eigenvalue weighted by Crippen LogP contribution is 2.13. The molecule has 0 aliphatic heterocycles. The molecule has 136 valence electrons. The summed E-state index contributed by atoms with van der Waals surface area (Å²) in [7, 11) is 1.62. The van der Waals surface area contributed by atoms with Crippen molar-refractivity contribution in [2.45, 2.75) is 32.6 Å². The fourth-order valence-corrected chi connectivity index (χ4v) is 2.52. The van der Waals surface area contributed by atoms with Crippen LogP contribution >= 0.6 is 0 Å². The summed E-state index contributed by atoms with van der Waals surface area (Å²) in [4.78, 5) is 29.1. The molecule has 2 rings (SSSR count). The first-order chi connectivity index (χ1) is 12.2. The smallest absolute Gasteiger partial charge is 0.287 e. The lowest BCUT2D eigenvalue weighted by Gasteiger charge is -2.03. The summed E-state index contributed by atoms with van der Waals surface area (Å²) in [6, 6.07) is 5.41. The van der Waals surface area contributed by atoms with Gasteiger partial charge in [0.05, 0.1) is 5.52 Å². The molecule has 0 saturated heterocycles. The van der Waals surface area contributed by atoms with Gasteiger partial charge in [-0.25, -0.2) is 4.98 Å². The quantitative estimate of drug-likeness (QED) is 0.645. The number of nitrogens with one attached hydrogen (secondary N) is 2. The summed E-state index contributed by atoms with van der Waals surface area (Å²) >= 11 is 0. The predicted molar refractivity (Wildman–Crippen MR) is 95.9 cm³/mol. The molecule has 0 aromatic carbocycles. The second-order valence-corrected chi connectivity index (χ2v) is 5.81. The number of imidazole rings is 1. The van der Waals surface area contributed by atoms with Gasteiger partial charge in [0.25, 0.3) is 11.8 Å². The standard InChI is InChI=1S/C18H26N4O3/c1-3-4-6-10-20-18(24)16-21-15(14-9-5-7-12-22(14)16)17(23)19-11-8-13-25-2/h5,7,9,12H,3-4,6,8,10-11,13H2,1-2H3,(H,19,23)(H,20,24). The lowest BCUT2D eigenvalue weighted by atomic mass is 10.2. The maximum absolute atomic E-state index is 12.4. The van der Waals surface area contributed by atoms with Crippen LogP contribution in [0.5, 0.6) is 0 Å². The van der Waals surface area contributed by atoms with E-state index in [9.17, 15) is 9.59 Å². The van der Waals surface area contributed by atoms with E-state index < -0.39 is 0 Å². The Hall–Kier alpha value is -2.41. The third kappa shape index (κ3) is 5.03. The van der Waals surface area contributed by atoms with Gasteiger partial charge in [-0.05, 0) is 25.0 Å². The molecular weight excluding hydrogens is 320 g/mol. The number of methoxy groups -OCH3 is 1. The Kier molecular flexibility index (Phi) is 7.40. The van der Waals surface area contributed by atoms with Crippen molar-refractivity contribution >= 4 is 17.3 Å². The van der Waals surface area contributed by atoms with E-state index in [1.54, 1.807) is 23.8 Å². The van der Waals surface area contributed by atoms with Gasteiger partial charge in [0, 0.05) is 33.0 Å². The van der Waals surface area contributed by atoms with Crippen LogP contribution in [-0.4, -0.2) is 48.0 Å². The van der Waals surface area contributed by atoms with E-state index in [0.717, 1.165) is 25.7 Å². The van der Waals surface area contributed by atoms with Crippen molar-refractivity contribution in [1.29, 1.82) is 0 Å². The highest BCUT2D eigenvalue weighted by molar-refractivity contribution is 6.02. The van der Waals surface area contributed by atoms with Gasteiger partial charge in [-0.2, -0.15) is 0 Å². The van der Waals surface area contributed by atoms with Gasteiger partial charge in [0.2, 0.25) is 5.82 Å². The predicted octanol–water partition coefficient (Wildman–Crippen LogP) is 2.02. The maximum atomic E-state index is 12.4. The van der Waals surface area contributed by atoms with Crippen molar-refractivity contribution in [2.24, 2.45) is 0 Å². The molecule has 25 heavy (non-hydrogen) atoms. The van der Waals surface area contributed by atoms with Crippen molar-refractivity contribution in [3.05, 3.63) is 35.9 Å². The Morgan fingerprint density at radius 2 is 1.88 bits per heavy atom. The Morgan fingerprint density at radius 3 is 2.64 bits per heavy atom. The van der Waals surface area contributed by atoms with E-state index >= 15 is 0 Å². The third-order valence-corrected chi connectivity index (χ3v) is 3.84. The molecule has 0 aliphatic rings. The Bertz CT molecular complexity index is 653. The lowest BCUT2D eigenvalue weighted by Crippen LogP contribution is -2.27. The number of nitrogens with zero attached hydrogens (tertiary/aromatic N) is 2. The number of hydrogen-bond donors (Lipinski definition) is 2. The first-order valence-corrected chi connectivity index (χ1v) is 8.71. The number of pyridine rings is 1. The molecule has 2 N–H and O–H groups in total. The third-order valence-electron chi connectivity index (χ3n) is 3.84. The molecule has 2 aromatic rings. The number of fused-ring (bicyclic) bond motifs is 1. The average Bonchev–Trinajstić information content (AvgIpc) is 3.02. The maximum Gasteiger partial charge on any atom is 0.287 e. The molecule has 2 heterocycles. The van der Waals surface area contributed by atoms with Gasteiger partial charge in [0.1, 0.15) is 0 Å². The van der Waals surface area contributed by atoms with Crippen LogP contribution < -0.4 is 10.6 Å². The van der Waals surface area contributed by atoms with Crippen LogP contribution in [0.25, 0.3) is 5.52 Å². The van der Waals surface area contributed by atoms with Gasteiger partial charge in [0.15, 0.2) is 5.69 Å². The topological polar surface area (TPSA) is 84.7 Å². The largest absolute Gasteiger partial charge is 0.385 e. The number of carbonyl (C=O) groups excluding carboxylic acids is 2. The normalized spacial score (nSPS) is 10.8. The molecule has 7 heteroatoms. The molecule has 0 atom stereocenters. The average molecular weight is 346 g/mol. The van der Waals surface area contributed by atoms with Crippen molar-refractivity contribution in [3.63, 3.8) is 0 Å².